The molecule has 1 aromatic heterocycles. The molecule has 0 atom stereocenters. The summed E-state index contributed by atoms with van der Waals surface area (Å²) in [6, 6.07) is 0. The van der Waals surface area contributed by atoms with Crippen LogP contribution in [0.3, 0.4) is 0 Å². The monoisotopic (exact) mass is 296 g/mol. The summed E-state index contributed by atoms with van der Waals surface area (Å²) < 4.78 is 0. The van der Waals surface area contributed by atoms with E-state index in [9.17, 15) is 0 Å². The van der Waals surface area contributed by atoms with Crippen molar-refractivity contribution in [3.8, 4) is 0 Å². The van der Waals surface area contributed by atoms with Crippen molar-refractivity contribution >= 4 is 17.4 Å². The second-order valence-electron chi connectivity index (χ2n) is 5.93. The molecule has 112 valence electrons. The molecule has 2 heterocycles. The Morgan fingerprint density at radius 1 is 1.25 bits per heavy atom. The van der Waals surface area contributed by atoms with Crippen molar-refractivity contribution in [2.45, 2.75) is 33.1 Å². The smallest absolute Gasteiger partial charge is 0.137 e. The molecule has 0 saturated carbocycles. The first-order valence-electron chi connectivity index (χ1n) is 7.44. The van der Waals surface area contributed by atoms with Gasteiger partial charge in [0.1, 0.15) is 16.8 Å². The summed E-state index contributed by atoms with van der Waals surface area (Å²) in [5.74, 6) is 2.67. The first-order chi connectivity index (χ1) is 9.51. The topological polar surface area (TPSA) is 32.3 Å². The molecule has 0 spiro atoms. The van der Waals surface area contributed by atoms with Crippen molar-refractivity contribution in [1.29, 1.82) is 0 Å². The van der Waals surface area contributed by atoms with E-state index in [2.05, 4.69) is 40.8 Å². The molecule has 0 bridgehead atoms. The molecule has 1 aliphatic heterocycles. The lowest BCUT2D eigenvalue weighted by Gasteiger charge is -2.34. The van der Waals surface area contributed by atoms with Gasteiger partial charge in [0.25, 0.3) is 0 Å². The van der Waals surface area contributed by atoms with Gasteiger partial charge in [0, 0.05) is 31.6 Å². The summed E-state index contributed by atoms with van der Waals surface area (Å²) in [7, 11) is 4.29. The third kappa shape index (κ3) is 3.61. The average molecular weight is 297 g/mol. The molecule has 5 heteroatoms. The minimum atomic E-state index is 0.599. The van der Waals surface area contributed by atoms with Gasteiger partial charge in [0.15, 0.2) is 0 Å². The lowest BCUT2D eigenvalue weighted by Crippen LogP contribution is -2.38. The van der Waals surface area contributed by atoms with Gasteiger partial charge in [-0.2, -0.15) is 0 Å². The van der Waals surface area contributed by atoms with E-state index in [1.807, 2.05) is 6.92 Å². The van der Waals surface area contributed by atoms with Gasteiger partial charge in [0.2, 0.25) is 0 Å². The van der Waals surface area contributed by atoms with E-state index >= 15 is 0 Å². The number of rotatable bonds is 4. The Morgan fingerprint density at radius 3 is 2.45 bits per heavy atom. The van der Waals surface area contributed by atoms with Crippen LogP contribution in [-0.2, 0) is 6.42 Å². The summed E-state index contributed by atoms with van der Waals surface area (Å²) in [5, 5.41) is 0.599. The molecular formula is C15H25ClN4. The molecule has 0 amide bonds. The number of hydrogen-bond acceptors (Lipinski definition) is 4. The second kappa shape index (κ2) is 6.72. The molecule has 0 aliphatic carbocycles. The van der Waals surface area contributed by atoms with Crippen molar-refractivity contribution in [3.05, 3.63) is 16.5 Å². The Hall–Kier alpha value is -0.870. The first-order valence-corrected chi connectivity index (χ1v) is 7.81. The molecule has 20 heavy (non-hydrogen) atoms. The van der Waals surface area contributed by atoms with E-state index in [1.54, 1.807) is 0 Å². The van der Waals surface area contributed by atoms with Crippen LogP contribution in [0.1, 0.15) is 31.2 Å². The van der Waals surface area contributed by atoms with Crippen molar-refractivity contribution in [1.82, 2.24) is 14.9 Å². The van der Waals surface area contributed by atoms with Crippen LogP contribution in [0.2, 0.25) is 5.15 Å². The summed E-state index contributed by atoms with van der Waals surface area (Å²) in [4.78, 5) is 13.7. The predicted octanol–water partition coefficient (Wildman–Crippen LogP) is 2.78. The van der Waals surface area contributed by atoms with Gasteiger partial charge >= 0.3 is 0 Å². The van der Waals surface area contributed by atoms with E-state index in [1.165, 1.54) is 19.4 Å². The van der Waals surface area contributed by atoms with Gasteiger partial charge < -0.3 is 9.80 Å². The minimum absolute atomic E-state index is 0.599. The van der Waals surface area contributed by atoms with E-state index in [0.29, 0.717) is 5.15 Å². The molecular weight excluding hydrogens is 272 g/mol. The minimum Gasteiger partial charge on any atom is -0.356 e. The number of nitrogens with zero attached hydrogens (tertiary/aromatic N) is 4. The van der Waals surface area contributed by atoms with E-state index in [0.717, 1.165) is 42.6 Å². The third-order valence-electron chi connectivity index (χ3n) is 3.96. The number of aromatic nitrogens is 2. The summed E-state index contributed by atoms with van der Waals surface area (Å²) >= 11 is 6.23. The van der Waals surface area contributed by atoms with Crippen molar-refractivity contribution in [2.75, 3.05) is 38.6 Å². The number of hydrogen-bond donors (Lipinski definition) is 0. The van der Waals surface area contributed by atoms with Gasteiger partial charge in [-0.05, 0) is 39.8 Å². The Morgan fingerprint density at radius 2 is 1.90 bits per heavy atom. The highest BCUT2D eigenvalue weighted by atomic mass is 35.5. The molecule has 0 unspecified atom stereocenters. The maximum absolute atomic E-state index is 6.23. The lowest BCUT2D eigenvalue weighted by molar-refractivity contribution is 0.284. The number of anilines is 1. The number of piperidine rings is 1. The molecule has 4 nitrogen and oxygen atoms in total. The molecule has 1 fully saturated rings. The fraction of sp³-hybridized carbons (Fsp3) is 0.733. The highest BCUT2D eigenvalue weighted by Crippen LogP contribution is 2.28. The maximum Gasteiger partial charge on any atom is 0.137 e. The van der Waals surface area contributed by atoms with Crippen LogP contribution >= 0.6 is 11.6 Å². The van der Waals surface area contributed by atoms with Gasteiger partial charge in [0.05, 0.1) is 0 Å². The van der Waals surface area contributed by atoms with E-state index in [4.69, 9.17) is 11.6 Å². The van der Waals surface area contributed by atoms with Crippen LogP contribution in [-0.4, -0.2) is 48.6 Å². The maximum atomic E-state index is 6.23. The molecule has 0 aromatic carbocycles. The van der Waals surface area contributed by atoms with Crippen LogP contribution in [0.4, 0.5) is 5.82 Å². The molecule has 0 radical (unpaired) electrons. The Labute approximate surface area is 127 Å². The fourth-order valence-electron chi connectivity index (χ4n) is 2.83. The number of halogens is 1. The molecule has 2 rings (SSSR count). The Bertz CT molecular complexity index is 453. The quantitative estimate of drug-likeness (QED) is 0.800. The first kappa shape index (κ1) is 15.5. The van der Waals surface area contributed by atoms with Crippen molar-refractivity contribution in [3.63, 3.8) is 0 Å². The van der Waals surface area contributed by atoms with E-state index in [-0.39, 0.29) is 0 Å². The largest absolute Gasteiger partial charge is 0.356 e. The molecule has 0 N–H and O–H groups in total. The second-order valence-corrected chi connectivity index (χ2v) is 6.28. The third-order valence-corrected chi connectivity index (χ3v) is 4.33. The predicted molar refractivity (Wildman–Crippen MR) is 84.6 cm³/mol. The van der Waals surface area contributed by atoms with Gasteiger partial charge in [-0.3, -0.25) is 0 Å². The molecule has 1 aliphatic rings. The van der Waals surface area contributed by atoms with Crippen LogP contribution in [0.15, 0.2) is 0 Å². The standard InChI is InChI=1S/C15H25ClN4/c1-5-13-17-14(16)11(2)15(18-13)20-8-6-12(7-9-20)10-19(3)4/h12H,5-10H2,1-4H3. The zero-order valence-electron chi connectivity index (χ0n) is 13.0. The van der Waals surface area contributed by atoms with Crippen LogP contribution < -0.4 is 4.90 Å². The summed E-state index contributed by atoms with van der Waals surface area (Å²) in [5.41, 5.74) is 1.01. The summed E-state index contributed by atoms with van der Waals surface area (Å²) in [6.45, 7) is 7.39. The molecule has 1 aromatic rings. The van der Waals surface area contributed by atoms with Gasteiger partial charge in [-0.1, -0.05) is 18.5 Å². The zero-order valence-corrected chi connectivity index (χ0v) is 13.7. The van der Waals surface area contributed by atoms with Crippen molar-refractivity contribution < 1.29 is 0 Å². The van der Waals surface area contributed by atoms with E-state index < -0.39 is 0 Å². The summed E-state index contributed by atoms with van der Waals surface area (Å²) in [6.07, 6.45) is 3.27. The Balaban J connectivity index is 2.08. The van der Waals surface area contributed by atoms with Crippen LogP contribution in [0.25, 0.3) is 0 Å². The molecule has 1 saturated heterocycles. The number of aryl methyl sites for hydroxylation is 1. The zero-order chi connectivity index (χ0) is 14.7. The van der Waals surface area contributed by atoms with Crippen LogP contribution in [0, 0.1) is 12.8 Å². The van der Waals surface area contributed by atoms with Gasteiger partial charge in [-0.15, -0.1) is 0 Å². The highest BCUT2D eigenvalue weighted by molar-refractivity contribution is 6.30. The average Bonchev–Trinajstić information content (AvgIpc) is 2.42. The lowest BCUT2D eigenvalue weighted by atomic mass is 9.96. The Kier molecular flexibility index (Phi) is 5.22. The fourth-order valence-corrected chi connectivity index (χ4v) is 3.01. The normalized spacial score (nSPS) is 17.0. The van der Waals surface area contributed by atoms with Crippen LogP contribution in [0.5, 0.6) is 0 Å². The SMILES string of the molecule is CCc1nc(Cl)c(C)c(N2CCC(CN(C)C)CC2)n1. The van der Waals surface area contributed by atoms with Gasteiger partial charge in [-0.25, -0.2) is 9.97 Å². The highest BCUT2D eigenvalue weighted by Gasteiger charge is 2.23. The van der Waals surface area contributed by atoms with Crippen molar-refractivity contribution in [2.24, 2.45) is 5.92 Å².